The minimum Gasteiger partial charge on any atom is -0.505 e. The fourth-order valence-corrected chi connectivity index (χ4v) is 2.45. The summed E-state index contributed by atoms with van der Waals surface area (Å²) in [5.74, 6) is -2.52. The lowest BCUT2D eigenvalue weighted by Gasteiger charge is -2.08. The van der Waals surface area contributed by atoms with Crippen LogP contribution in [0.4, 0.5) is 19.1 Å². The van der Waals surface area contributed by atoms with Crippen LogP contribution in [0, 0.1) is 0 Å². The van der Waals surface area contributed by atoms with E-state index in [1.807, 2.05) is 0 Å². The van der Waals surface area contributed by atoms with Crippen molar-refractivity contribution < 1.29 is 23.1 Å². The second-order valence-corrected chi connectivity index (χ2v) is 5.24. The number of Topliss-reactive ketones (excluding diaryl/α,β-unsaturated/α-hetero) is 1. The molecule has 1 aliphatic rings. The number of hydrogen-bond acceptors (Lipinski definition) is 6. The third kappa shape index (κ3) is 2.90. The molecule has 1 aromatic carbocycles. The number of alkyl halides is 3. The molecule has 0 spiro atoms. The number of azo groups is 1. The van der Waals surface area contributed by atoms with E-state index in [1.165, 1.54) is 12.1 Å². The number of aliphatic hydroxyl groups is 1. The van der Waals surface area contributed by atoms with Gasteiger partial charge >= 0.3 is 6.18 Å². The highest BCUT2D eigenvalue weighted by Gasteiger charge is 2.38. The van der Waals surface area contributed by atoms with Crippen LogP contribution in [0.15, 0.2) is 40.2 Å². The highest BCUT2D eigenvalue weighted by molar-refractivity contribution is 6.19. The third-order valence-corrected chi connectivity index (χ3v) is 3.54. The Morgan fingerprint density at radius 1 is 1.16 bits per heavy atom. The zero-order valence-electron chi connectivity index (χ0n) is 12.9. The van der Waals surface area contributed by atoms with E-state index in [4.69, 9.17) is 0 Å². The monoisotopic (exact) mass is 351 g/mol. The fourth-order valence-electron chi connectivity index (χ4n) is 2.45. The normalized spacial score (nSPS) is 14.6. The predicted molar refractivity (Wildman–Crippen MR) is 80.2 cm³/mol. The number of benzene rings is 1. The van der Waals surface area contributed by atoms with Gasteiger partial charge in [-0.05, 0) is 6.42 Å². The Morgan fingerprint density at radius 3 is 2.44 bits per heavy atom. The summed E-state index contributed by atoms with van der Waals surface area (Å²) in [6, 6.07) is 6.30. The smallest absolute Gasteiger partial charge is 0.451 e. The Balaban J connectivity index is 1.98. The van der Waals surface area contributed by atoms with Crippen LogP contribution in [0.5, 0.6) is 0 Å². The maximum atomic E-state index is 12.9. The van der Waals surface area contributed by atoms with Crippen molar-refractivity contribution in [1.29, 1.82) is 0 Å². The first-order valence-electron chi connectivity index (χ1n) is 7.34. The Hall–Kier alpha value is -3.04. The molecule has 130 valence electrons. The number of carbonyl (C=O) groups excluding carboxylic acids is 1. The molecule has 0 atom stereocenters. The lowest BCUT2D eigenvalue weighted by Crippen LogP contribution is -2.14. The summed E-state index contributed by atoms with van der Waals surface area (Å²) < 4.78 is 39.6. The highest BCUT2D eigenvalue weighted by Crippen LogP contribution is 2.33. The van der Waals surface area contributed by atoms with Crippen molar-refractivity contribution in [3.05, 3.63) is 46.9 Å². The Labute approximate surface area is 139 Å². The summed E-state index contributed by atoms with van der Waals surface area (Å²) in [5, 5.41) is 23.8. The van der Waals surface area contributed by atoms with Crippen molar-refractivity contribution in [2.24, 2.45) is 10.2 Å². The molecule has 2 aromatic rings. The van der Waals surface area contributed by atoms with E-state index in [-0.39, 0.29) is 23.6 Å². The molecule has 0 radical (unpaired) electrons. The summed E-state index contributed by atoms with van der Waals surface area (Å²) >= 11 is 0. The van der Waals surface area contributed by atoms with E-state index in [2.05, 4.69) is 20.4 Å². The molecule has 10 heteroatoms. The number of aromatic nitrogens is 3. The average Bonchev–Trinajstić information content (AvgIpc) is 3.07. The van der Waals surface area contributed by atoms with E-state index in [0.717, 1.165) is 4.57 Å². The van der Waals surface area contributed by atoms with Crippen LogP contribution in [-0.2, 0) is 12.7 Å². The summed E-state index contributed by atoms with van der Waals surface area (Å²) in [5.41, 5.74) is 0.202. The number of hydrogen-bond donors (Lipinski definition) is 1. The quantitative estimate of drug-likeness (QED) is 0.845. The van der Waals surface area contributed by atoms with E-state index < -0.39 is 23.7 Å². The molecule has 1 heterocycles. The molecule has 25 heavy (non-hydrogen) atoms. The maximum absolute atomic E-state index is 12.9. The second kappa shape index (κ2) is 6.11. The van der Waals surface area contributed by atoms with E-state index >= 15 is 0 Å². The molecule has 1 aliphatic carbocycles. The molecule has 0 fully saturated rings. The van der Waals surface area contributed by atoms with E-state index in [1.54, 1.807) is 19.1 Å². The molecule has 3 rings (SSSR count). The number of aliphatic hydroxyl groups excluding tert-OH is 1. The lowest BCUT2D eigenvalue weighted by molar-refractivity contribution is -0.147. The van der Waals surface area contributed by atoms with Gasteiger partial charge in [0.05, 0.1) is 0 Å². The summed E-state index contributed by atoms with van der Waals surface area (Å²) in [7, 11) is 0. The van der Waals surface area contributed by atoms with Crippen molar-refractivity contribution in [2.45, 2.75) is 26.1 Å². The topological polar surface area (TPSA) is 92.7 Å². The number of nitrogens with zero attached hydrogens (tertiary/aromatic N) is 5. The first kappa shape index (κ1) is 16.8. The van der Waals surface area contributed by atoms with Gasteiger partial charge in [0.2, 0.25) is 11.6 Å². The maximum Gasteiger partial charge on any atom is 0.451 e. The minimum atomic E-state index is -4.68. The Bertz CT molecular complexity index is 899. The van der Waals surface area contributed by atoms with Crippen molar-refractivity contribution in [2.75, 3.05) is 0 Å². The van der Waals surface area contributed by atoms with E-state index in [9.17, 15) is 23.1 Å². The van der Waals surface area contributed by atoms with Gasteiger partial charge in [-0.25, -0.2) is 0 Å². The molecule has 7 nitrogen and oxygen atoms in total. The van der Waals surface area contributed by atoms with Gasteiger partial charge in [-0.15, -0.1) is 20.4 Å². The molecule has 0 amide bonds. The van der Waals surface area contributed by atoms with Gasteiger partial charge in [0.1, 0.15) is 0 Å². The van der Waals surface area contributed by atoms with Crippen LogP contribution in [0.1, 0.15) is 35.1 Å². The number of allylic oxidation sites excluding steroid dienone is 1. The molecule has 0 bridgehead atoms. The van der Waals surface area contributed by atoms with Crippen LogP contribution in [0.2, 0.25) is 0 Å². The van der Waals surface area contributed by atoms with E-state index in [0.29, 0.717) is 12.0 Å². The van der Waals surface area contributed by atoms with Crippen molar-refractivity contribution in [3.8, 4) is 0 Å². The molecular formula is C15H12F3N5O2. The van der Waals surface area contributed by atoms with Crippen molar-refractivity contribution in [1.82, 2.24) is 14.8 Å². The van der Waals surface area contributed by atoms with Gasteiger partial charge in [0.25, 0.3) is 5.95 Å². The average molecular weight is 351 g/mol. The molecule has 0 aliphatic heterocycles. The number of rotatable bonds is 4. The minimum absolute atomic E-state index is 0.0185. The van der Waals surface area contributed by atoms with Gasteiger partial charge in [-0.2, -0.15) is 13.2 Å². The molecule has 1 aromatic heterocycles. The molecule has 0 saturated carbocycles. The van der Waals surface area contributed by atoms with Crippen LogP contribution >= 0.6 is 0 Å². The van der Waals surface area contributed by atoms with Gasteiger partial charge < -0.3 is 5.11 Å². The Kier molecular flexibility index (Phi) is 4.11. The van der Waals surface area contributed by atoms with Crippen molar-refractivity contribution >= 4 is 17.5 Å². The third-order valence-electron chi connectivity index (χ3n) is 3.54. The van der Waals surface area contributed by atoms with Gasteiger partial charge in [0.15, 0.2) is 11.5 Å². The van der Waals surface area contributed by atoms with Crippen LogP contribution in [0.3, 0.4) is 0 Å². The Morgan fingerprint density at radius 2 is 1.84 bits per heavy atom. The van der Waals surface area contributed by atoms with Crippen LogP contribution < -0.4 is 0 Å². The molecular weight excluding hydrogens is 339 g/mol. The van der Waals surface area contributed by atoms with Crippen LogP contribution in [-0.4, -0.2) is 25.7 Å². The number of halogens is 3. The summed E-state index contributed by atoms with van der Waals surface area (Å²) in [6.45, 7) is 1.67. The lowest BCUT2D eigenvalue weighted by atomic mass is 10.1. The first-order chi connectivity index (χ1) is 11.8. The van der Waals surface area contributed by atoms with Gasteiger partial charge in [-0.3, -0.25) is 9.36 Å². The predicted octanol–water partition coefficient (Wildman–Crippen LogP) is 3.91. The zero-order valence-corrected chi connectivity index (χ0v) is 12.9. The van der Waals surface area contributed by atoms with Crippen molar-refractivity contribution in [3.63, 3.8) is 0 Å². The summed E-state index contributed by atoms with van der Waals surface area (Å²) in [6.07, 6.45) is -4.29. The number of carbonyl (C=O) groups is 1. The molecule has 1 N–H and O–H groups in total. The summed E-state index contributed by atoms with van der Waals surface area (Å²) in [4.78, 5) is 12.2. The fraction of sp³-hybridized carbons (Fsp3) is 0.267. The SMILES string of the molecule is CCCn1c(N=NC2=C(O)c3ccccc3C2=O)nnc1C(F)(F)F. The highest BCUT2D eigenvalue weighted by atomic mass is 19.4. The zero-order chi connectivity index (χ0) is 18.2. The molecule has 0 unspecified atom stereocenters. The van der Waals surface area contributed by atoms with Gasteiger partial charge in [0, 0.05) is 17.7 Å². The second-order valence-electron chi connectivity index (χ2n) is 5.24. The van der Waals surface area contributed by atoms with Gasteiger partial charge in [-0.1, -0.05) is 31.2 Å². The molecule has 0 saturated heterocycles. The van der Waals surface area contributed by atoms with Crippen LogP contribution in [0.25, 0.3) is 5.76 Å². The largest absolute Gasteiger partial charge is 0.505 e. The number of fused-ring (bicyclic) bond motifs is 1. The number of ketones is 1. The first-order valence-corrected chi connectivity index (χ1v) is 7.34. The standard InChI is InChI=1S/C15H12F3N5O2/c1-2-7-23-13(15(16,17)18)20-22-14(23)21-19-10-11(24)8-5-3-4-6-9(8)12(10)25/h3-6,24H,2,7H2,1H3.